The van der Waals surface area contributed by atoms with Crippen LogP contribution in [0.1, 0.15) is 47.0 Å². The number of fused-ring (bicyclic) bond motifs is 4. The van der Waals surface area contributed by atoms with Crippen LogP contribution in [0.15, 0.2) is 47.4 Å². The fraction of sp³-hybridized carbons (Fsp3) is 0.435. The van der Waals surface area contributed by atoms with Gasteiger partial charge in [0.15, 0.2) is 11.4 Å². The van der Waals surface area contributed by atoms with E-state index in [-0.39, 0.29) is 35.6 Å². The standard InChI is InChI=1S/C23H29N4O4P/c1-3-5-7-15(4-2)12-24-22(29)17-13-25-14-18-26-10-6-8-16(26)9-11-27(18)23(30)19(25)21(31-32)20(17)28/h3-5,7,13,16,18H,2,6,8-12,14,32H2,1H3,(H,24,29)/b5-3-,15-7+/t16-,18-/m1/s1. The van der Waals surface area contributed by atoms with Gasteiger partial charge in [0.2, 0.25) is 5.43 Å². The summed E-state index contributed by atoms with van der Waals surface area (Å²) in [6, 6.07) is 0.492. The first-order valence-corrected chi connectivity index (χ1v) is 11.4. The number of allylic oxidation sites excluding steroid dienone is 3. The van der Waals surface area contributed by atoms with Gasteiger partial charge in [0.25, 0.3) is 11.8 Å². The third-order valence-electron chi connectivity index (χ3n) is 6.51. The summed E-state index contributed by atoms with van der Waals surface area (Å²) in [7, 11) is 2.04. The summed E-state index contributed by atoms with van der Waals surface area (Å²) in [4.78, 5) is 43.5. The quantitative estimate of drug-likeness (QED) is 0.524. The predicted octanol–water partition coefficient (Wildman–Crippen LogP) is 2.09. The van der Waals surface area contributed by atoms with E-state index in [1.165, 1.54) is 6.20 Å². The Balaban J connectivity index is 1.66. The van der Waals surface area contributed by atoms with Crippen LogP contribution in [-0.2, 0) is 6.54 Å². The predicted molar refractivity (Wildman–Crippen MR) is 126 cm³/mol. The second-order valence-electron chi connectivity index (χ2n) is 8.28. The van der Waals surface area contributed by atoms with Gasteiger partial charge in [-0.15, -0.1) is 0 Å². The summed E-state index contributed by atoms with van der Waals surface area (Å²) in [5.74, 6) is -0.848. The smallest absolute Gasteiger partial charge is 0.275 e. The van der Waals surface area contributed by atoms with Crippen molar-refractivity contribution in [2.24, 2.45) is 0 Å². The van der Waals surface area contributed by atoms with Crippen LogP contribution < -0.4 is 15.3 Å². The number of hydrogen-bond donors (Lipinski definition) is 1. The molecule has 9 heteroatoms. The van der Waals surface area contributed by atoms with Gasteiger partial charge < -0.3 is 19.3 Å². The fourth-order valence-corrected chi connectivity index (χ4v) is 5.12. The summed E-state index contributed by atoms with van der Waals surface area (Å²) in [5, 5.41) is 2.77. The molecule has 0 radical (unpaired) electrons. The lowest BCUT2D eigenvalue weighted by molar-refractivity contribution is -0.0209. The minimum atomic E-state index is -0.593. The topological polar surface area (TPSA) is 83.9 Å². The van der Waals surface area contributed by atoms with E-state index in [1.807, 2.05) is 39.5 Å². The van der Waals surface area contributed by atoms with Gasteiger partial charge in [0.05, 0.1) is 16.0 Å². The van der Waals surface area contributed by atoms with E-state index >= 15 is 0 Å². The zero-order chi connectivity index (χ0) is 22.8. The molecule has 32 heavy (non-hydrogen) atoms. The highest BCUT2D eigenvalue weighted by molar-refractivity contribution is 7.10. The Morgan fingerprint density at radius 2 is 2.16 bits per heavy atom. The highest BCUT2D eigenvalue weighted by Crippen LogP contribution is 2.34. The molecular weight excluding hydrogens is 427 g/mol. The number of hydrogen-bond acceptors (Lipinski definition) is 5. The van der Waals surface area contributed by atoms with Gasteiger partial charge in [-0.05, 0) is 31.8 Å². The molecule has 2 saturated heterocycles. The van der Waals surface area contributed by atoms with Gasteiger partial charge in [0.1, 0.15) is 11.7 Å². The van der Waals surface area contributed by atoms with Crippen LogP contribution in [0.3, 0.4) is 0 Å². The Bertz CT molecular complexity index is 1060. The maximum Gasteiger partial charge on any atom is 0.275 e. The second kappa shape index (κ2) is 9.43. The van der Waals surface area contributed by atoms with Crippen molar-refractivity contribution in [2.45, 2.75) is 44.9 Å². The first-order chi connectivity index (χ1) is 15.5. The van der Waals surface area contributed by atoms with Crippen molar-refractivity contribution in [1.82, 2.24) is 19.7 Å². The summed E-state index contributed by atoms with van der Waals surface area (Å²) in [6.07, 6.45) is 11.9. The number of nitrogens with one attached hydrogen (secondary N) is 1. The molecule has 0 saturated carbocycles. The van der Waals surface area contributed by atoms with E-state index < -0.39 is 11.3 Å². The molecule has 0 bridgehead atoms. The van der Waals surface area contributed by atoms with E-state index in [0.717, 1.165) is 31.4 Å². The Morgan fingerprint density at radius 3 is 2.88 bits per heavy atom. The number of pyridine rings is 1. The monoisotopic (exact) mass is 456 g/mol. The van der Waals surface area contributed by atoms with Gasteiger partial charge >= 0.3 is 0 Å². The number of nitrogens with zero attached hydrogens (tertiary/aromatic N) is 3. The number of amides is 2. The van der Waals surface area contributed by atoms with Gasteiger partial charge in [-0.1, -0.05) is 30.9 Å². The van der Waals surface area contributed by atoms with E-state index in [9.17, 15) is 14.4 Å². The summed E-state index contributed by atoms with van der Waals surface area (Å²) in [5.41, 5.74) is 0.375. The van der Waals surface area contributed by atoms with Crippen LogP contribution in [0.5, 0.6) is 5.75 Å². The Morgan fingerprint density at radius 1 is 1.34 bits per heavy atom. The minimum Gasteiger partial charge on any atom is -0.474 e. The third kappa shape index (κ3) is 3.93. The zero-order valence-corrected chi connectivity index (χ0v) is 19.4. The lowest BCUT2D eigenvalue weighted by Crippen LogP contribution is -2.62. The van der Waals surface area contributed by atoms with Crippen LogP contribution in [0.4, 0.5) is 0 Å². The molecule has 0 aliphatic carbocycles. The van der Waals surface area contributed by atoms with E-state index in [0.29, 0.717) is 19.1 Å². The van der Waals surface area contributed by atoms with Gasteiger partial charge in [-0.3, -0.25) is 19.3 Å². The summed E-state index contributed by atoms with van der Waals surface area (Å²) < 4.78 is 6.99. The normalized spacial score (nSPS) is 23.0. The maximum atomic E-state index is 13.3. The maximum absolute atomic E-state index is 13.3. The van der Waals surface area contributed by atoms with Crippen LogP contribution in [0.25, 0.3) is 0 Å². The van der Waals surface area contributed by atoms with Crippen molar-refractivity contribution in [1.29, 1.82) is 0 Å². The number of carbonyl (C=O) groups is 2. The van der Waals surface area contributed by atoms with Crippen LogP contribution in [0, 0.1) is 0 Å². The molecule has 1 aromatic rings. The van der Waals surface area contributed by atoms with Crippen molar-refractivity contribution < 1.29 is 14.1 Å². The Hall–Kier alpha value is -2.70. The van der Waals surface area contributed by atoms with Crippen molar-refractivity contribution in [2.75, 3.05) is 19.6 Å². The molecule has 0 aromatic carbocycles. The molecule has 2 amide bonds. The molecule has 8 nitrogen and oxygen atoms in total. The lowest BCUT2D eigenvalue weighted by atomic mass is 10.0. The molecule has 0 spiro atoms. The molecule has 1 aromatic heterocycles. The summed E-state index contributed by atoms with van der Waals surface area (Å²) >= 11 is 0. The fourth-order valence-electron chi connectivity index (χ4n) is 4.90. The first kappa shape index (κ1) is 22.5. The molecule has 3 aliphatic rings. The highest BCUT2D eigenvalue weighted by atomic mass is 31.0. The molecule has 1 N–H and O–H groups in total. The van der Waals surface area contributed by atoms with E-state index in [2.05, 4.69) is 16.8 Å². The van der Waals surface area contributed by atoms with Crippen LogP contribution >= 0.6 is 9.47 Å². The number of rotatable bonds is 6. The Labute approximate surface area is 189 Å². The molecular formula is C23H29N4O4P. The number of carbonyl (C=O) groups excluding carboxylic acids is 2. The largest absolute Gasteiger partial charge is 0.474 e. The second-order valence-corrected chi connectivity index (χ2v) is 8.51. The molecule has 4 heterocycles. The van der Waals surface area contributed by atoms with E-state index in [1.54, 1.807) is 10.6 Å². The van der Waals surface area contributed by atoms with Crippen LogP contribution in [0.2, 0.25) is 0 Å². The molecule has 1 unspecified atom stereocenters. The Kier molecular flexibility index (Phi) is 6.63. The lowest BCUT2D eigenvalue weighted by Gasteiger charge is -2.48. The minimum absolute atomic E-state index is 0.0457. The van der Waals surface area contributed by atoms with Gasteiger partial charge in [-0.2, -0.15) is 0 Å². The van der Waals surface area contributed by atoms with Crippen molar-refractivity contribution in [3.63, 3.8) is 0 Å². The first-order valence-electron chi connectivity index (χ1n) is 10.9. The van der Waals surface area contributed by atoms with Crippen molar-refractivity contribution >= 4 is 21.3 Å². The molecule has 2 fully saturated rings. The highest BCUT2D eigenvalue weighted by Gasteiger charge is 2.45. The molecule has 3 atom stereocenters. The zero-order valence-electron chi connectivity index (χ0n) is 18.3. The van der Waals surface area contributed by atoms with Crippen LogP contribution in [-0.4, -0.2) is 58.0 Å². The van der Waals surface area contributed by atoms with Gasteiger partial charge in [0, 0.05) is 31.9 Å². The van der Waals surface area contributed by atoms with Gasteiger partial charge in [-0.25, -0.2) is 0 Å². The average Bonchev–Trinajstić information content (AvgIpc) is 3.28. The molecule has 4 rings (SSSR count). The SMILES string of the molecule is C=C/C(=C\C=C/C)CNC(=O)c1cn2c(c(OP)c1=O)C(=O)N1CC[C@H]3CCCN3[C@H]1C2. The average molecular weight is 456 g/mol. The van der Waals surface area contributed by atoms with E-state index in [4.69, 9.17) is 4.52 Å². The number of aromatic nitrogens is 1. The molecule has 3 aliphatic heterocycles. The molecule has 170 valence electrons. The summed E-state index contributed by atoms with van der Waals surface area (Å²) in [6.45, 7) is 8.00. The third-order valence-corrected chi connectivity index (χ3v) is 6.75. The van der Waals surface area contributed by atoms with Crippen molar-refractivity contribution in [3.05, 3.63) is 64.1 Å². The van der Waals surface area contributed by atoms with Crippen molar-refractivity contribution in [3.8, 4) is 5.75 Å².